The van der Waals surface area contributed by atoms with Gasteiger partial charge in [-0.25, -0.2) is 17.2 Å². The van der Waals surface area contributed by atoms with Crippen LogP contribution in [-0.4, -0.2) is 24.6 Å². The molecule has 0 saturated heterocycles. The van der Waals surface area contributed by atoms with Crippen molar-refractivity contribution in [2.75, 3.05) is 6.26 Å². The second-order valence-corrected chi connectivity index (χ2v) is 9.35. The van der Waals surface area contributed by atoms with Crippen molar-refractivity contribution in [3.8, 4) is 11.5 Å². The number of pyridine rings is 1. The zero-order valence-corrected chi connectivity index (χ0v) is 17.6. The van der Waals surface area contributed by atoms with E-state index in [1.54, 1.807) is 6.20 Å². The average molecular weight is 465 g/mol. The van der Waals surface area contributed by atoms with Crippen LogP contribution in [-0.2, 0) is 16.3 Å². The van der Waals surface area contributed by atoms with Crippen LogP contribution in [0.5, 0.6) is 11.5 Å². The molecule has 0 amide bonds. The molecule has 2 N–H and O–H groups in total. The van der Waals surface area contributed by atoms with Crippen LogP contribution in [0.25, 0.3) is 10.9 Å². The van der Waals surface area contributed by atoms with Gasteiger partial charge in [-0.15, -0.1) is 0 Å². The van der Waals surface area contributed by atoms with Crippen LogP contribution in [0.15, 0.2) is 58.5 Å². The number of benzene rings is 2. The number of fused-ring (bicyclic) bond motifs is 1. The Hall–Kier alpha value is -3.17. The highest BCUT2D eigenvalue weighted by molar-refractivity contribution is 7.90. The van der Waals surface area contributed by atoms with E-state index in [0.29, 0.717) is 27.6 Å². The lowest BCUT2D eigenvalue weighted by Gasteiger charge is -2.13. The maximum atomic E-state index is 14.1. The third-order valence-corrected chi connectivity index (χ3v) is 6.12. The highest BCUT2D eigenvalue weighted by atomic mass is 35.5. The van der Waals surface area contributed by atoms with Crippen molar-refractivity contribution in [2.24, 2.45) is 0 Å². The van der Waals surface area contributed by atoms with Gasteiger partial charge < -0.3 is 14.7 Å². The number of aromatic amines is 2. The summed E-state index contributed by atoms with van der Waals surface area (Å²) in [7, 11) is -3.53. The number of hydrogen-bond acceptors (Lipinski definition) is 4. The molecule has 6 nitrogen and oxygen atoms in total. The second-order valence-electron chi connectivity index (χ2n) is 6.92. The fraction of sp³-hybridized carbons (Fsp3) is 0.0952. The molecule has 0 aliphatic heterocycles. The van der Waals surface area contributed by atoms with E-state index in [4.69, 9.17) is 16.3 Å². The zero-order chi connectivity index (χ0) is 22.3. The number of aromatic nitrogens is 2. The smallest absolute Gasteiger partial charge is 0.272 e. The number of ether oxygens (including phenoxy) is 1. The topological polar surface area (TPSA) is 92.0 Å². The van der Waals surface area contributed by atoms with Crippen molar-refractivity contribution in [2.45, 2.75) is 11.3 Å². The van der Waals surface area contributed by atoms with E-state index < -0.39 is 21.5 Å². The second kappa shape index (κ2) is 7.82. The first-order valence-electron chi connectivity index (χ1n) is 8.96. The first kappa shape index (κ1) is 21.1. The van der Waals surface area contributed by atoms with Gasteiger partial charge in [0.15, 0.2) is 21.4 Å². The Morgan fingerprint density at radius 2 is 1.74 bits per heavy atom. The predicted molar refractivity (Wildman–Crippen MR) is 113 cm³/mol. The fourth-order valence-corrected chi connectivity index (χ4v) is 4.18. The van der Waals surface area contributed by atoms with E-state index in [2.05, 4.69) is 9.97 Å². The van der Waals surface area contributed by atoms with E-state index in [9.17, 15) is 22.0 Å². The van der Waals surface area contributed by atoms with Gasteiger partial charge in [0, 0.05) is 42.1 Å². The van der Waals surface area contributed by atoms with Crippen molar-refractivity contribution >= 4 is 32.3 Å². The first-order valence-corrected chi connectivity index (χ1v) is 11.2. The lowest BCUT2D eigenvalue weighted by molar-refractivity contribution is 0.434. The van der Waals surface area contributed by atoms with E-state index in [1.807, 2.05) is 0 Å². The maximum absolute atomic E-state index is 14.1. The summed E-state index contributed by atoms with van der Waals surface area (Å²) >= 11 is 6.25. The molecular weight excluding hydrogens is 450 g/mol. The Bertz CT molecular complexity index is 1480. The summed E-state index contributed by atoms with van der Waals surface area (Å²) in [6.45, 7) is 0. The van der Waals surface area contributed by atoms with Gasteiger partial charge in [-0.2, -0.15) is 0 Å². The molecule has 0 radical (unpaired) electrons. The molecule has 0 atom stereocenters. The van der Waals surface area contributed by atoms with Crippen LogP contribution in [0.4, 0.5) is 8.78 Å². The van der Waals surface area contributed by atoms with Gasteiger partial charge in [-0.3, -0.25) is 4.79 Å². The van der Waals surface area contributed by atoms with Crippen molar-refractivity contribution in [1.82, 2.24) is 9.97 Å². The van der Waals surface area contributed by atoms with Crippen LogP contribution >= 0.6 is 11.6 Å². The zero-order valence-electron chi connectivity index (χ0n) is 16.0. The Morgan fingerprint density at radius 1 is 1.00 bits per heavy atom. The largest absolute Gasteiger partial charge is 0.454 e. The van der Waals surface area contributed by atoms with Gasteiger partial charge in [0.1, 0.15) is 17.1 Å². The van der Waals surface area contributed by atoms with Gasteiger partial charge in [0.2, 0.25) is 0 Å². The van der Waals surface area contributed by atoms with E-state index in [-0.39, 0.29) is 33.9 Å². The molecule has 0 aliphatic carbocycles. The van der Waals surface area contributed by atoms with Gasteiger partial charge in [-0.1, -0.05) is 11.6 Å². The van der Waals surface area contributed by atoms with Crippen LogP contribution in [0, 0.1) is 11.6 Å². The van der Waals surface area contributed by atoms with Crippen LogP contribution in [0.1, 0.15) is 11.1 Å². The number of rotatable bonds is 5. The van der Waals surface area contributed by atoms with Crippen LogP contribution in [0.3, 0.4) is 0 Å². The van der Waals surface area contributed by atoms with Crippen LogP contribution < -0.4 is 10.3 Å². The monoisotopic (exact) mass is 464 g/mol. The molecular formula is C21H15ClF2N2O4S. The molecule has 10 heteroatoms. The highest BCUT2D eigenvalue weighted by Gasteiger charge is 2.18. The molecule has 2 aromatic heterocycles. The molecule has 0 spiro atoms. The molecule has 0 bridgehead atoms. The summed E-state index contributed by atoms with van der Waals surface area (Å²) in [5.41, 5.74) is 0.930. The minimum atomic E-state index is -3.53. The van der Waals surface area contributed by atoms with Crippen molar-refractivity contribution < 1.29 is 21.9 Å². The normalized spacial score (nSPS) is 11.7. The number of sulfone groups is 1. The van der Waals surface area contributed by atoms with Gasteiger partial charge in [0.05, 0.1) is 9.92 Å². The summed E-state index contributed by atoms with van der Waals surface area (Å²) in [5.74, 6) is -1.70. The number of H-pyrrole nitrogens is 2. The van der Waals surface area contributed by atoms with Gasteiger partial charge in [0.25, 0.3) is 5.56 Å². The molecule has 0 aliphatic rings. The minimum absolute atomic E-state index is 0.0400. The molecule has 2 heterocycles. The molecule has 4 aromatic rings. The maximum Gasteiger partial charge on any atom is 0.272 e. The molecule has 4 rings (SSSR count). The third kappa shape index (κ3) is 4.19. The summed E-state index contributed by atoms with van der Waals surface area (Å²) < 4.78 is 57.0. The summed E-state index contributed by atoms with van der Waals surface area (Å²) in [4.78, 5) is 17.4. The molecule has 31 heavy (non-hydrogen) atoms. The van der Waals surface area contributed by atoms with Gasteiger partial charge >= 0.3 is 0 Å². The molecule has 160 valence electrons. The lowest BCUT2D eigenvalue weighted by Crippen LogP contribution is -2.05. The quantitative estimate of drug-likeness (QED) is 0.452. The summed E-state index contributed by atoms with van der Waals surface area (Å²) in [6.07, 6.45) is 4.14. The molecule has 0 saturated carbocycles. The highest BCUT2D eigenvalue weighted by Crippen LogP contribution is 2.33. The van der Waals surface area contributed by atoms with E-state index in [0.717, 1.165) is 18.4 Å². The summed E-state index contributed by atoms with van der Waals surface area (Å²) in [6, 6.07) is 7.02. The molecule has 0 fully saturated rings. The third-order valence-electron chi connectivity index (χ3n) is 4.71. The number of hydrogen-bond donors (Lipinski definition) is 2. The minimum Gasteiger partial charge on any atom is -0.454 e. The SMILES string of the molecule is CS(=O)(=O)c1ccc(Oc2ccc(F)cc2F)c(Cc2c[nH]c3c(=O)[nH]cc(Cl)c23)c1. The average Bonchev–Trinajstić information content (AvgIpc) is 3.12. The number of nitrogens with one attached hydrogen (secondary N) is 2. The van der Waals surface area contributed by atoms with Crippen LogP contribution in [0.2, 0.25) is 5.02 Å². The van der Waals surface area contributed by atoms with Crippen molar-refractivity contribution in [3.63, 3.8) is 0 Å². The predicted octanol–water partition coefficient (Wildman–Crippen LogP) is 4.57. The Balaban J connectivity index is 1.83. The Morgan fingerprint density at radius 3 is 2.45 bits per heavy atom. The number of halogens is 3. The molecule has 2 aromatic carbocycles. The Labute approximate surface area is 180 Å². The van der Waals surface area contributed by atoms with Crippen molar-refractivity contribution in [3.05, 3.63) is 86.9 Å². The molecule has 0 unspecified atom stereocenters. The van der Waals surface area contributed by atoms with E-state index in [1.165, 1.54) is 24.4 Å². The van der Waals surface area contributed by atoms with Gasteiger partial charge in [-0.05, 0) is 35.9 Å². The Kier molecular flexibility index (Phi) is 5.32. The summed E-state index contributed by atoms with van der Waals surface area (Å²) in [5, 5.41) is 0.784. The van der Waals surface area contributed by atoms with E-state index >= 15 is 0 Å². The standard InChI is InChI=1S/C21H15ClF2N2O4S/c1-31(28,29)14-3-5-17(30-18-4-2-13(23)8-16(18)24)11(7-14)6-12-9-25-20-19(12)15(22)10-26-21(20)27/h2-5,7-10,25H,6H2,1H3,(H,26,27). The van der Waals surface area contributed by atoms with Crippen molar-refractivity contribution in [1.29, 1.82) is 0 Å². The first-order chi connectivity index (χ1) is 14.6. The fourth-order valence-electron chi connectivity index (χ4n) is 3.23. The lowest BCUT2D eigenvalue weighted by atomic mass is 10.0.